The van der Waals surface area contributed by atoms with Gasteiger partial charge >= 0.3 is 0 Å². The monoisotopic (exact) mass is 442 g/mol. The lowest BCUT2D eigenvalue weighted by Crippen LogP contribution is -2.32. The van der Waals surface area contributed by atoms with Gasteiger partial charge in [0, 0.05) is 37.7 Å². The highest BCUT2D eigenvalue weighted by molar-refractivity contribution is 6.30. The molecule has 2 aliphatic rings. The lowest BCUT2D eigenvalue weighted by molar-refractivity contribution is 0.543. The van der Waals surface area contributed by atoms with E-state index >= 15 is 0 Å². The molecule has 0 aliphatic carbocycles. The summed E-state index contributed by atoms with van der Waals surface area (Å²) in [7, 11) is 0. The Kier molecular flexibility index (Phi) is 8.22. The second kappa shape index (κ2) is 11.5. The third-order valence-corrected chi connectivity index (χ3v) is 6.51. The van der Waals surface area contributed by atoms with Gasteiger partial charge in [-0.2, -0.15) is 15.0 Å². The summed E-state index contributed by atoms with van der Waals surface area (Å²) < 4.78 is 0. The van der Waals surface area contributed by atoms with Crippen molar-refractivity contribution < 1.29 is 0 Å². The smallest absolute Gasteiger partial charge is 0.231 e. The number of hydrogen-bond acceptors (Lipinski definition) is 6. The van der Waals surface area contributed by atoms with Crippen LogP contribution in [0.4, 0.5) is 17.8 Å². The molecule has 6 nitrogen and oxygen atoms in total. The second-order valence-electron chi connectivity index (χ2n) is 8.75. The molecular weight excluding hydrogens is 408 g/mol. The van der Waals surface area contributed by atoms with Gasteiger partial charge in [-0.3, -0.25) is 0 Å². The van der Waals surface area contributed by atoms with Crippen molar-refractivity contribution in [1.29, 1.82) is 0 Å². The van der Waals surface area contributed by atoms with Crippen LogP contribution in [-0.4, -0.2) is 41.1 Å². The van der Waals surface area contributed by atoms with E-state index in [0.29, 0.717) is 12.5 Å². The first-order valence-electron chi connectivity index (χ1n) is 12.0. The van der Waals surface area contributed by atoms with Crippen molar-refractivity contribution in [3.05, 3.63) is 34.9 Å². The van der Waals surface area contributed by atoms with E-state index in [2.05, 4.69) is 15.1 Å². The molecule has 3 heterocycles. The van der Waals surface area contributed by atoms with E-state index in [0.717, 1.165) is 48.7 Å². The highest BCUT2D eigenvalue weighted by Crippen LogP contribution is 2.22. The number of nitrogens with one attached hydrogen (secondary N) is 1. The molecule has 0 unspecified atom stereocenters. The molecule has 0 saturated carbocycles. The van der Waals surface area contributed by atoms with Crippen LogP contribution < -0.4 is 15.1 Å². The van der Waals surface area contributed by atoms with Crippen LogP contribution >= 0.6 is 11.6 Å². The quantitative estimate of drug-likeness (QED) is 0.642. The standard InChI is InChI=1S/C24H35ClN6/c25-21-13-11-20(12-14-21)19-26-22-27-23(30-15-7-3-1-4-8-16-30)29-24(28-22)31-17-9-5-2-6-10-18-31/h11-14H,1-10,15-19H2,(H,26,27,28,29). The van der Waals surface area contributed by atoms with Crippen LogP contribution in [-0.2, 0) is 6.54 Å². The summed E-state index contributed by atoms with van der Waals surface area (Å²) in [6.07, 6.45) is 12.7. The summed E-state index contributed by atoms with van der Waals surface area (Å²) in [6, 6.07) is 7.91. The van der Waals surface area contributed by atoms with Gasteiger partial charge in [0.1, 0.15) is 0 Å². The molecule has 2 aromatic rings. The maximum absolute atomic E-state index is 6.03. The second-order valence-corrected chi connectivity index (χ2v) is 9.19. The zero-order valence-electron chi connectivity index (χ0n) is 18.5. The lowest BCUT2D eigenvalue weighted by Gasteiger charge is -2.28. The molecule has 2 aliphatic heterocycles. The third-order valence-electron chi connectivity index (χ3n) is 6.25. The predicted molar refractivity (Wildman–Crippen MR) is 129 cm³/mol. The summed E-state index contributed by atoms with van der Waals surface area (Å²) in [4.78, 5) is 19.4. The van der Waals surface area contributed by atoms with Crippen LogP contribution in [0.15, 0.2) is 24.3 Å². The number of aromatic nitrogens is 3. The van der Waals surface area contributed by atoms with Gasteiger partial charge in [-0.25, -0.2) is 0 Å². The summed E-state index contributed by atoms with van der Waals surface area (Å²) in [6.45, 7) is 4.78. The fourth-order valence-corrected chi connectivity index (χ4v) is 4.52. The third kappa shape index (κ3) is 6.70. The van der Waals surface area contributed by atoms with Crippen LogP contribution in [0.25, 0.3) is 0 Å². The average molecular weight is 443 g/mol. The summed E-state index contributed by atoms with van der Waals surface area (Å²) >= 11 is 6.03. The van der Waals surface area contributed by atoms with E-state index in [4.69, 9.17) is 26.6 Å². The molecule has 0 amide bonds. The minimum Gasteiger partial charge on any atom is -0.350 e. The van der Waals surface area contributed by atoms with E-state index in [-0.39, 0.29) is 0 Å². The normalized spacial score (nSPS) is 18.6. The molecular formula is C24H35ClN6. The van der Waals surface area contributed by atoms with Crippen molar-refractivity contribution in [2.24, 2.45) is 0 Å². The maximum Gasteiger partial charge on any atom is 0.231 e. The Balaban J connectivity index is 1.56. The first kappa shape index (κ1) is 22.1. The number of hydrogen-bond donors (Lipinski definition) is 1. The molecule has 2 saturated heterocycles. The van der Waals surface area contributed by atoms with Crippen molar-refractivity contribution in [1.82, 2.24) is 15.0 Å². The minimum atomic E-state index is 0.666. The van der Waals surface area contributed by atoms with Crippen molar-refractivity contribution >= 4 is 29.4 Å². The Morgan fingerprint density at radius 3 is 1.58 bits per heavy atom. The van der Waals surface area contributed by atoms with Gasteiger partial charge in [0.15, 0.2) is 0 Å². The van der Waals surface area contributed by atoms with Crippen molar-refractivity contribution in [3.8, 4) is 0 Å². The predicted octanol–water partition coefficient (Wildman–Crippen LogP) is 5.68. The van der Waals surface area contributed by atoms with Crippen molar-refractivity contribution in [2.45, 2.75) is 70.8 Å². The molecule has 2 fully saturated rings. The molecule has 1 N–H and O–H groups in total. The van der Waals surface area contributed by atoms with E-state index in [9.17, 15) is 0 Å². The van der Waals surface area contributed by atoms with Gasteiger partial charge in [0.2, 0.25) is 17.8 Å². The van der Waals surface area contributed by atoms with E-state index < -0.39 is 0 Å². The molecule has 0 spiro atoms. The van der Waals surface area contributed by atoms with Gasteiger partial charge in [-0.1, -0.05) is 62.3 Å². The minimum absolute atomic E-state index is 0.666. The van der Waals surface area contributed by atoms with E-state index in [1.165, 1.54) is 64.2 Å². The first-order valence-corrected chi connectivity index (χ1v) is 12.4. The largest absolute Gasteiger partial charge is 0.350 e. The Morgan fingerprint density at radius 1 is 0.645 bits per heavy atom. The van der Waals surface area contributed by atoms with Crippen LogP contribution in [0, 0.1) is 0 Å². The number of anilines is 3. The van der Waals surface area contributed by atoms with Crippen molar-refractivity contribution in [2.75, 3.05) is 41.3 Å². The number of nitrogens with zero attached hydrogens (tertiary/aromatic N) is 5. The summed E-state index contributed by atoms with van der Waals surface area (Å²) in [5.41, 5.74) is 1.16. The number of rotatable bonds is 5. The first-order chi connectivity index (χ1) is 15.3. The van der Waals surface area contributed by atoms with Crippen LogP contribution in [0.2, 0.25) is 5.02 Å². The fraction of sp³-hybridized carbons (Fsp3) is 0.625. The van der Waals surface area contributed by atoms with Gasteiger partial charge in [-0.15, -0.1) is 0 Å². The Morgan fingerprint density at radius 2 is 1.10 bits per heavy atom. The molecule has 1 aromatic heterocycles. The molecule has 0 bridgehead atoms. The number of halogens is 1. The Hall–Kier alpha value is -2.08. The highest BCUT2D eigenvalue weighted by atomic mass is 35.5. The average Bonchev–Trinajstić information content (AvgIpc) is 2.73. The van der Waals surface area contributed by atoms with Gasteiger partial charge < -0.3 is 15.1 Å². The van der Waals surface area contributed by atoms with Crippen LogP contribution in [0.5, 0.6) is 0 Å². The molecule has 1 aromatic carbocycles. The van der Waals surface area contributed by atoms with Gasteiger partial charge in [-0.05, 0) is 43.4 Å². The van der Waals surface area contributed by atoms with Gasteiger partial charge in [0.25, 0.3) is 0 Å². The number of benzene rings is 1. The van der Waals surface area contributed by atoms with E-state index in [1.54, 1.807) is 0 Å². The molecule has 0 atom stereocenters. The molecule has 168 valence electrons. The summed E-state index contributed by atoms with van der Waals surface area (Å²) in [5.74, 6) is 2.32. The molecule has 0 radical (unpaired) electrons. The van der Waals surface area contributed by atoms with Crippen LogP contribution in [0.3, 0.4) is 0 Å². The Bertz CT molecular complexity index is 756. The Labute approximate surface area is 191 Å². The fourth-order valence-electron chi connectivity index (χ4n) is 4.39. The van der Waals surface area contributed by atoms with Crippen molar-refractivity contribution in [3.63, 3.8) is 0 Å². The zero-order chi connectivity index (χ0) is 21.3. The highest BCUT2D eigenvalue weighted by Gasteiger charge is 2.19. The van der Waals surface area contributed by atoms with Gasteiger partial charge in [0.05, 0.1) is 0 Å². The molecule has 31 heavy (non-hydrogen) atoms. The topological polar surface area (TPSA) is 57.2 Å². The molecule has 4 rings (SSSR count). The molecule has 7 heteroatoms. The maximum atomic E-state index is 6.03. The van der Waals surface area contributed by atoms with E-state index in [1.807, 2.05) is 24.3 Å². The lowest BCUT2D eigenvalue weighted by atomic mass is 10.1. The van der Waals surface area contributed by atoms with Crippen LogP contribution in [0.1, 0.15) is 69.8 Å². The summed E-state index contributed by atoms with van der Waals surface area (Å²) in [5, 5.41) is 4.19. The zero-order valence-corrected chi connectivity index (χ0v) is 19.3. The SMILES string of the molecule is Clc1ccc(CNc2nc(N3CCCCCCC3)nc(N3CCCCCCC3)n2)cc1.